The minimum Gasteiger partial charge on any atom is -0.302 e. The van der Waals surface area contributed by atoms with Crippen LogP contribution in [0.3, 0.4) is 0 Å². The van der Waals surface area contributed by atoms with Gasteiger partial charge in [0.15, 0.2) is 9.54 Å². The van der Waals surface area contributed by atoms with Crippen LogP contribution in [0.15, 0.2) is 9.59 Å². The zero-order valence-electron chi connectivity index (χ0n) is 11.3. The summed E-state index contributed by atoms with van der Waals surface area (Å²) in [7, 11) is 0. The summed E-state index contributed by atoms with van der Waals surface area (Å²) in [4.78, 5) is 25.1. The van der Waals surface area contributed by atoms with E-state index in [1.54, 1.807) is 0 Å². The lowest BCUT2D eigenvalue weighted by Gasteiger charge is -2.12. The summed E-state index contributed by atoms with van der Waals surface area (Å²) >= 11 is 10.7. The number of aryl methyl sites for hydroxylation is 2. The molecule has 0 aromatic carbocycles. The minimum atomic E-state index is -0.318. The van der Waals surface area contributed by atoms with E-state index in [0.717, 1.165) is 0 Å². The van der Waals surface area contributed by atoms with Gasteiger partial charge in [-0.05, 0) is 38.3 Å². The molecule has 0 saturated carbocycles. The summed E-state index contributed by atoms with van der Waals surface area (Å²) < 4.78 is 7.54. The maximum Gasteiger partial charge on any atom is 0.269 e. The molecule has 6 nitrogen and oxygen atoms in total. The molecule has 0 atom stereocenters. The van der Waals surface area contributed by atoms with Crippen LogP contribution in [0.4, 0.5) is 0 Å². The van der Waals surface area contributed by atoms with Crippen LogP contribution in [-0.2, 0) is 26.2 Å². The number of hydrogen-bond donors (Lipinski definition) is 0. The fraction of sp³-hybridized carbons (Fsp3) is 0.500. The van der Waals surface area contributed by atoms with Crippen molar-refractivity contribution >= 4 is 35.5 Å². The molecule has 3 rings (SSSR count). The quantitative estimate of drug-likeness (QED) is 0.784. The van der Waals surface area contributed by atoms with Crippen LogP contribution in [0.2, 0.25) is 0 Å². The van der Waals surface area contributed by atoms with Gasteiger partial charge in [-0.1, -0.05) is 0 Å². The summed E-state index contributed by atoms with van der Waals surface area (Å²) in [6, 6.07) is 0. The SMILES string of the molecule is CCn1c(=O)c2c(=O)n(CC)c(=S)n3c2n(c1=S)CC3. The minimum absolute atomic E-state index is 0.188. The smallest absolute Gasteiger partial charge is 0.269 e. The van der Waals surface area contributed by atoms with Crippen molar-refractivity contribution in [3.8, 4) is 0 Å². The summed E-state index contributed by atoms with van der Waals surface area (Å²) in [6.45, 7) is 5.89. The zero-order chi connectivity index (χ0) is 14.6. The number of nitrogens with zero attached hydrogens (tertiary/aromatic N) is 4. The van der Waals surface area contributed by atoms with Crippen LogP contribution in [0.25, 0.3) is 11.0 Å². The zero-order valence-corrected chi connectivity index (χ0v) is 12.9. The molecule has 2 aromatic heterocycles. The maximum absolute atomic E-state index is 12.5. The van der Waals surface area contributed by atoms with Crippen molar-refractivity contribution in [2.45, 2.75) is 40.0 Å². The van der Waals surface area contributed by atoms with E-state index in [-0.39, 0.29) is 16.5 Å². The first kappa shape index (κ1) is 13.4. The van der Waals surface area contributed by atoms with Crippen molar-refractivity contribution in [3.63, 3.8) is 0 Å². The van der Waals surface area contributed by atoms with Crippen LogP contribution in [-0.4, -0.2) is 18.3 Å². The summed E-state index contributed by atoms with van der Waals surface area (Å²) in [6.07, 6.45) is 0. The van der Waals surface area contributed by atoms with Crippen LogP contribution >= 0.6 is 24.4 Å². The largest absolute Gasteiger partial charge is 0.302 e. The highest BCUT2D eigenvalue weighted by Crippen LogP contribution is 2.16. The molecular formula is C12H14N4O2S2. The van der Waals surface area contributed by atoms with Crippen molar-refractivity contribution < 1.29 is 0 Å². The van der Waals surface area contributed by atoms with Crippen molar-refractivity contribution in [2.75, 3.05) is 0 Å². The molecule has 0 N–H and O–H groups in total. The molecule has 0 fully saturated rings. The second kappa shape index (κ2) is 4.49. The molecule has 0 radical (unpaired) electrons. The highest BCUT2D eigenvalue weighted by Gasteiger charge is 2.23. The maximum atomic E-state index is 12.5. The molecule has 0 amide bonds. The van der Waals surface area contributed by atoms with Crippen LogP contribution in [0, 0.1) is 9.54 Å². The Hall–Kier alpha value is -1.54. The second-order valence-electron chi connectivity index (χ2n) is 4.67. The Morgan fingerprint density at radius 2 is 1.30 bits per heavy atom. The molecule has 20 heavy (non-hydrogen) atoms. The van der Waals surface area contributed by atoms with E-state index in [9.17, 15) is 9.59 Å². The first-order valence-corrected chi connectivity index (χ1v) is 7.35. The molecule has 0 unspecified atom stereocenters. The molecule has 8 heteroatoms. The lowest BCUT2D eigenvalue weighted by molar-refractivity contribution is 0.603. The Kier molecular flexibility index (Phi) is 3.02. The van der Waals surface area contributed by atoms with E-state index in [1.807, 2.05) is 23.0 Å². The van der Waals surface area contributed by atoms with Gasteiger partial charge in [-0.3, -0.25) is 18.7 Å². The van der Waals surface area contributed by atoms with Crippen molar-refractivity contribution in [1.82, 2.24) is 18.3 Å². The summed E-state index contributed by atoms with van der Waals surface area (Å²) in [5.74, 6) is 0. The van der Waals surface area contributed by atoms with Gasteiger partial charge in [0.1, 0.15) is 11.0 Å². The lowest BCUT2D eigenvalue weighted by atomic mass is 10.3. The Balaban J connectivity index is 2.75. The van der Waals surface area contributed by atoms with E-state index >= 15 is 0 Å². The first-order chi connectivity index (χ1) is 9.52. The summed E-state index contributed by atoms with van der Waals surface area (Å²) in [5.41, 5.74) is -0.0624. The van der Waals surface area contributed by atoms with E-state index < -0.39 is 0 Å². The number of hydrogen-bond acceptors (Lipinski definition) is 4. The van der Waals surface area contributed by atoms with E-state index in [1.165, 1.54) is 9.13 Å². The molecule has 1 aliphatic rings. The molecular weight excluding hydrogens is 296 g/mol. The fourth-order valence-corrected chi connectivity index (χ4v) is 3.56. The molecule has 0 spiro atoms. The van der Waals surface area contributed by atoms with Gasteiger partial charge in [0.2, 0.25) is 0 Å². The van der Waals surface area contributed by atoms with E-state index in [2.05, 4.69) is 0 Å². The molecule has 3 heterocycles. The Morgan fingerprint density at radius 1 is 0.900 bits per heavy atom. The third kappa shape index (κ3) is 1.49. The number of rotatable bonds is 2. The van der Waals surface area contributed by atoms with Gasteiger partial charge >= 0.3 is 0 Å². The Labute approximate surface area is 124 Å². The topological polar surface area (TPSA) is 53.9 Å². The second-order valence-corrected chi connectivity index (χ2v) is 5.40. The van der Waals surface area contributed by atoms with Crippen molar-refractivity contribution in [3.05, 3.63) is 30.2 Å². The normalized spacial score (nSPS) is 13.3. The number of aromatic nitrogens is 4. The van der Waals surface area contributed by atoms with E-state index in [0.29, 0.717) is 41.4 Å². The Morgan fingerprint density at radius 3 is 1.65 bits per heavy atom. The third-order valence-corrected chi connectivity index (χ3v) is 4.64. The van der Waals surface area contributed by atoms with Gasteiger partial charge in [-0.25, -0.2) is 0 Å². The van der Waals surface area contributed by atoms with Gasteiger partial charge in [0, 0.05) is 26.2 Å². The predicted octanol–water partition coefficient (Wildman–Crippen LogP) is 1.28. The van der Waals surface area contributed by atoms with Gasteiger partial charge in [-0.2, -0.15) is 0 Å². The molecule has 2 aromatic rings. The van der Waals surface area contributed by atoms with Crippen molar-refractivity contribution in [1.29, 1.82) is 0 Å². The molecule has 0 bridgehead atoms. The highest BCUT2D eigenvalue weighted by molar-refractivity contribution is 7.71. The van der Waals surface area contributed by atoms with Crippen LogP contribution < -0.4 is 11.1 Å². The average Bonchev–Trinajstić information content (AvgIpc) is 2.84. The highest BCUT2D eigenvalue weighted by atomic mass is 32.1. The molecule has 106 valence electrons. The lowest BCUT2D eigenvalue weighted by Crippen LogP contribution is -2.33. The Bertz CT molecular complexity index is 886. The van der Waals surface area contributed by atoms with Gasteiger partial charge in [0.05, 0.1) is 0 Å². The van der Waals surface area contributed by atoms with Crippen molar-refractivity contribution in [2.24, 2.45) is 0 Å². The molecule has 1 aliphatic heterocycles. The molecule has 0 aliphatic carbocycles. The third-order valence-electron chi connectivity index (χ3n) is 3.76. The standard InChI is InChI=1S/C12H14N4O2S2/c1-3-13-9(17)7-8-15(11(13)19)5-6-16(8)12(20)14(4-2)10(7)18/h3-6H2,1-2H3. The molecule has 0 saturated heterocycles. The van der Waals surface area contributed by atoms with Gasteiger partial charge in [-0.15, -0.1) is 0 Å². The van der Waals surface area contributed by atoms with E-state index in [4.69, 9.17) is 24.4 Å². The van der Waals surface area contributed by atoms with Gasteiger partial charge in [0.25, 0.3) is 11.1 Å². The fourth-order valence-electron chi connectivity index (χ4n) is 2.78. The monoisotopic (exact) mass is 310 g/mol. The first-order valence-electron chi connectivity index (χ1n) is 6.53. The average molecular weight is 310 g/mol. The van der Waals surface area contributed by atoms with Gasteiger partial charge < -0.3 is 9.13 Å². The predicted molar refractivity (Wildman–Crippen MR) is 81.5 cm³/mol. The van der Waals surface area contributed by atoms with Crippen LogP contribution in [0.5, 0.6) is 0 Å². The summed E-state index contributed by atoms with van der Waals surface area (Å²) in [5, 5.41) is 0.188. The van der Waals surface area contributed by atoms with Crippen LogP contribution in [0.1, 0.15) is 13.8 Å².